The highest BCUT2D eigenvalue weighted by atomic mass is 32.2. The number of sulfonamides is 1. The third-order valence-electron chi connectivity index (χ3n) is 3.60. The first-order valence-electron chi connectivity index (χ1n) is 8.27. The molecule has 0 radical (unpaired) electrons. The minimum absolute atomic E-state index is 0.120. The molecule has 3 N–H and O–H groups in total. The molecule has 0 aliphatic heterocycles. The molecule has 0 aliphatic carbocycles. The summed E-state index contributed by atoms with van der Waals surface area (Å²) in [7, 11) is 1.66. The fourth-order valence-corrected chi connectivity index (χ4v) is 3.58. The Labute approximate surface area is 165 Å². The van der Waals surface area contributed by atoms with Crippen LogP contribution in [0.3, 0.4) is 0 Å². The van der Waals surface area contributed by atoms with E-state index < -0.39 is 10.0 Å². The molecule has 0 unspecified atom stereocenters. The maximum atomic E-state index is 12.7. The van der Waals surface area contributed by atoms with Crippen molar-refractivity contribution in [1.29, 1.82) is 0 Å². The van der Waals surface area contributed by atoms with Crippen molar-refractivity contribution in [3.8, 4) is 5.75 Å². The minimum Gasteiger partial charge on any atom is -0.495 e. The summed E-state index contributed by atoms with van der Waals surface area (Å²) in [5.41, 5.74) is 0.958. The number of rotatable bonds is 8. The Balaban J connectivity index is 2.10. The van der Waals surface area contributed by atoms with Crippen molar-refractivity contribution >= 4 is 38.7 Å². The van der Waals surface area contributed by atoms with E-state index in [1.807, 2.05) is 19.0 Å². The van der Waals surface area contributed by atoms with Crippen LogP contribution >= 0.6 is 12.2 Å². The summed E-state index contributed by atoms with van der Waals surface area (Å²) >= 11 is 5.24. The van der Waals surface area contributed by atoms with Crippen LogP contribution in [0.15, 0.2) is 53.4 Å². The number of para-hydroxylation sites is 2. The van der Waals surface area contributed by atoms with E-state index in [4.69, 9.17) is 17.0 Å². The van der Waals surface area contributed by atoms with Crippen LogP contribution in [0, 0.1) is 0 Å². The zero-order valence-corrected chi connectivity index (χ0v) is 17.2. The van der Waals surface area contributed by atoms with Crippen molar-refractivity contribution < 1.29 is 13.2 Å². The Hall–Kier alpha value is -2.36. The molecule has 0 saturated heterocycles. The molecule has 2 aromatic rings. The van der Waals surface area contributed by atoms with Crippen molar-refractivity contribution in [2.45, 2.75) is 4.90 Å². The molecule has 7 nitrogen and oxygen atoms in total. The highest BCUT2D eigenvalue weighted by Crippen LogP contribution is 2.26. The maximum Gasteiger partial charge on any atom is 0.262 e. The van der Waals surface area contributed by atoms with Gasteiger partial charge in [0.25, 0.3) is 10.0 Å². The molecule has 0 amide bonds. The van der Waals surface area contributed by atoms with Crippen molar-refractivity contribution in [3.05, 3.63) is 48.5 Å². The van der Waals surface area contributed by atoms with Gasteiger partial charge in [-0.25, -0.2) is 8.42 Å². The van der Waals surface area contributed by atoms with Gasteiger partial charge in [0.05, 0.1) is 17.7 Å². The molecule has 2 aromatic carbocycles. The summed E-state index contributed by atoms with van der Waals surface area (Å²) in [6, 6.07) is 13.3. The van der Waals surface area contributed by atoms with Gasteiger partial charge in [-0.3, -0.25) is 4.72 Å². The molecular formula is C18H24N4O3S2. The van der Waals surface area contributed by atoms with Crippen LogP contribution in [-0.2, 0) is 10.0 Å². The highest BCUT2D eigenvalue weighted by molar-refractivity contribution is 7.92. The van der Waals surface area contributed by atoms with E-state index >= 15 is 0 Å². The van der Waals surface area contributed by atoms with Crippen LogP contribution in [0.2, 0.25) is 0 Å². The normalized spacial score (nSPS) is 11.1. The number of nitrogens with zero attached hydrogens (tertiary/aromatic N) is 1. The summed E-state index contributed by atoms with van der Waals surface area (Å²) in [6.45, 7) is 1.52. The number of ether oxygens (including phenoxy) is 1. The number of thiocarbonyl (C=S) groups is 1. The lowest BCUT2D eigenvalue weighted by molar-refractivity contribution is 0.413. The van der Waals surface area contributed by atoms with E-state index in [0.717, 1.165) is 6.54 Å². The second-order valence-corrected chi connectivity index (χ2v) is 8.11. The van der Waals surface area contributed by atoms with Crippen LogP contribution in [0.1, 0.15) is 0 Å². The molecule has 2 rings (SSSR count). The standard InChI is InChI=1S/C18H24N4O3S2/c1-22(2)12-11-19-18(26)20-14-7-6-8-15(13-14)27(23,24)21-16-9-4-5-10-17(16)25-3/h4-10,13,21H,11-12H2,1-3H3,(H2,19,20,26). The second kappa shape index (κ2) is 9.54. The fraction of sp³-hybridized carbons (Fsp3) is 0.278. The van der Waals surface area contributed by atoms with Gasteiger partial charge in [-0.1, -0.05) is 18.2 Å². The summed E-state index contributed by atoms with van der Waals surface area (Å²) in [5, 5.41) is 6.51. The Kier molecular flexibility index (Phi) is 7.40. The molecule has 0 atom stereocenters. The average molecular weight is 409 g/mol. The maximum absolute atomic E-state index is 12.7. The molecule has 27 heavy (non-hydrogen) atoms. The Morgan fingerprint density at radius 3 is 2.59 bits per heavy atom. The van der Waals surface area contributed by atoms with Gasteiger partial charge in [0.1, 0.15) is 5.75 Å². The van der Waals surface area contributed by atoms with E-state index in [2.05, 4.69) is 15.4 Å². The summed E-state index contributed by atoms with van der Waals surface area (Å²) < 4.78 is 33.1. The molecular weight excluding hydrogens is 384 g/mol. The van der Waals surface area contributed by atoms with Crippen molar-refractivity contribution in [2.24, 2.45) is 0 Å². The van der Waals surface area contributed by atoms with Gasteiger partial charge in [0, 0.05) is 18.8 Å². The number of nitrogens with one attached hydrogen (secondary N) is 3. The number of benzene rings is 2. The molecule has 0 aromatic heterocycles. The van der Waals surface area contributed by atoms with Crippen LogP contribution in [0.5, 0.6) is 5.75 Å². The average Bonchev–Trinajstić information content (AvgIpc) is 2.62. The van der Waals surface area contributed by atoms with Crippen molar-refractivity contribution in [1.82, 2.24) is 10.2 Å². The monoisotopic (exact) mass is 408 g/mol. The Bertz CT molecular complexity index is 886. The van der Waals surface area contributed by atoms with Crippen LogP contribution in [-0.4, -0.2) is 52.7 Å². The SMILES string of the molecule is COc1ccccc1NS(=O)(=O)c1cccc(NC(=S)NCCN(C)C)c1. The van der Waals surface area contributed by atoms with E-state index in [1.54, 1.807) is 36.4 Å². The van der Waals surface area contributed by atoms with E-state index in [0.29, 0.717) is 28.8 Å². The van der Waals surface area contributed by atoms with E-state index in [-0.39, 0.29) is 4.90 Å². The molecule has 0 heterocycles. The van der Waals surface area contributed by atoms with Crippen LogP contribution in [0.25, 0.3) is 0 Å². The highest BCUT2D eigenvalue weighted by Gasteiger charge is 2.17. The summed E-state index contributed by atoms with van der Waals surface area (Å²) in [4.78, 5) is 2.15. The van der Waals surface area contributed by atoms with Crippen LogP contribution < -0.4 is 20.1 Å². The number of likely N-dealkylation sites (N-methyl/N-ethyl adjacent to an activating group) is 1. The first kappa shape index (κ1) is 20.9. The summed E-state index contributed by atoms with van der Waals surface area (Å²) in [6.07, 6.45) is 0. The Morgan fingerprint density at radius 2 is 1.89 bits per heavy atom. The first-order valence-corrected chi connectivity index (χ1v) is 10.2. The topological polar surface area (TPSA) is 82.7 Å². The quantitative estimate of drug-likeness (QED) is 0.578. The predicted molar refractivity (Wildman–Crippen MR) is 113 cm³/mol. The Morgan fingerprint density at radius 1 is 1.15 bits per heavy atom. The number of hydrogen-bond acceptors (Lipinski definition) is 5. The molecule has 0 bridgehead atoms. The van der Waals surface area contributed by atoms with Gasteiger partial charge in [0.2, 0.25) is 0 Å². The minimum atomic E-state index is -3.77. The lowest BCUT2D eigenvalue weighted by Crippen LogP contribution is -2.34. The van der Waals surface area contributed by atoms with Gasteiger partial charge in [-0.15, -0.1) is 0 Å². The third kappa shape index (κ3) is 6.38. The largest absolute Gasteiger partial charge is 0.495 e. The van der Waals surface area contributed by atoms with Crippen molar-refractivity contribution in [3.63, 3.8) is 0 Å². The number of methoxy groups -OCH3 is 1. The molecule has 0 saturated carbocycles. The smallest absolute Gasteiger partial charge is 0.262 e. The van der Waals surface area contributed by atoms with Gasteiger partial charge < -0.3 is 20.3 Å². The predicted octanol–water partition coefficient (Wildman–Crippen LogP) is 2.34. The zero-order valence-electron chi connectivity index (χ0n) is 15.5. The zero-order chi connectivity index (χ0) is 19.9. The fourth-order valence-electron chi connectivity index (χ4n) is 2.24. The van der Waals surface area contributed by atoms with Gasteiger partial charge in [0.15, 0.2) is 5.11 Å². The van der Waals surface area contributed by atoms with Crippen molar-refractivity contribution in [2.75, 3.05) is 44.3 Å². The van der Waals surface area contributed by atoms with E-state index in [9.17, 15) is 8.42 Å². The number of hydrogen-bond donors (Lipinski definition) is 3. The second-order valence-electron chi connectivity index (χ2n) is 6.02. The lowest BCUT2D eigenvalue weighted by atomic mass is 10.3. The number of anilines is 2. The van der Waals surface area contributed by atoms with Gasteiger partial charge in [-0.05, 0) is 56.6 Å². The molecule has 0 fully saturated rings. The van der Waals surface area contributed by atoms with Crippen LogP contribution in [0.4, 0.5) is 11.4 Å². The molecule has 0 spiro atoms. The first-order chi connectivity index (χ1) is 12.8. The molecule has 146 valence electrons. The molecule has 0 aliphatic rings. The third-order valence-corrected chi connectivity index (χ3v) is 5.21. The van der Waals surface area contributed by atoms with Gasteiger partial charge in [-0.2, -0.15) is 0 Å². The lowest BCUT2D eigenvalue weighted by Gasteiger charge is -2.15. The summed E-state index contributed by atoms with van der Waals surface area (Å²) in [5.74, 6) is 0.446. The van der Waals surface area contributed by atoms with Gasteiger partial charge >= 0.3 is 0 Å². The van der Waals surface area contributed by atoms with E-state index in [1.165, 1.54) is 19.2 Å². The molecule has 9 heteroatoms.